The lowest BCUT2D eigenvalue weighted by Gasteiger charge is -1.96. The highest BCUT2D eigenvalue weighted by molar-refractivity contribution is 9.11. The highest BCUT2D eigenvalue weighted by Crippen LogP contribution is 2.20. The van der Waals surface area contributed by atoms with Crippen LogP contribution in [-0.4, -0.2) is 11.1 Å². The van der Waals surface area contributed by atoms with Crippen molar-refractivity contribution in [3.63, 3.8) is 0 Å². The Balaban J connectivity index is 2.95. The van der Waals surface area contributed by atoms with Gasteiger partial charge in [-0.25, -0.2) is 4.79 Å². The number of carboxylic acids is 1. The van der Waals surface area contributed by atoms with Gasteiger partial charge in [-0.1, -0.05) is 31.9 Å². The third kappa shape index (κ3) is 3.74. The van der Waals surface area contributed by atoms with Gasteiger partial charge in [-0.15, -0.1) is 0 Å². The van der Waals surface area contributed by atoms with Crippen molar-refractivity contribution in [2.24, 2.45) is 0 Å². The van der Waals surface area contributed by atoms with E-state index in [1.807, 2.05) is 18.2 Å². The molecule has 0 heterocycles. The SMILES string of the molecule is O=C(O)C=Cc1cc(Br)cc(Br)c1. The number of carbonyl (C=O) groups is 1. The second-order valence-corrected chi connectivity index (χ2v) is 4.21. The number of hydrogen-bond acceptors (Lipinski definition) is 1. The molecule has 4 heteroatoms. The second-order valence-electron chi connectivity index (χ2n) is 2.37. The van der Waals surface area contributed by atoms with E-state index in [4.69, 9.17) is 5.11 Å². The van der Waals surface area contributed by atoms with Crippen LogP contribution in [0.3, 0.4) is 0 Å². The maximum absolute atomic E-state index is 10.2. The molecule has 0 aliphatic rings. The molecule has 0 amide bonds. The first-order chi connectivity index (χ1) is 6.08. The first-order valence-corrected chi connectivity index (χ1v) is 5.03. The summed E-state index contributed by atoms with van der Waals surface area (Å²) >= 11 is 6.62. The number of halogens is 2. The summed E-state index contributed by atoms with van der Waals surface area (Å²) in [6, 6.07) is 5.56. The smallest absolute Gasteiger partial charge is 0.328 e. The Hall–Kier alpha value is -0.610. The number of aliphatic carboxylic acids is 1. The fraction of sp³-hybridized carbons (Fsp3) is 0. The Morgan fingerprint density at radius 2 is 1.77 bits per heavy atom. The van der Waals surface area contributed by atoms with Gasteiger partial charge in [-0.05, 0) is 29.8 Å². The van der Waals surface area contributed by atoms with Crippen molar-refractivity contribution in [3.05, 3.63) is 38.8 Å². The van der Waals surface area contributed by atoms with Gasteiger partial charge in [0.15, 0.2) is 0 Å². The lowest BCUT2D eigenvalue weighted by molar-refractivity contribution is -0.131. The minimum atomic E-state index is -0.948. The minimum Gasteiger partial charge on any atom is -0.478 e. The Labute approximate surface area is 92.5 Å². The van der Waals surface area contributed by atoms with Crippen LogP contribution in [-0.2, 0) is 4.79 Å². The lowest BCUT2D eigenvalue weighted by atomic mass is 10.2. The van der Waals surface area contributed by atoms with Gasteiger partial charge in [0.05, 0.1) is 0 Å². The zero-order valence-electron chi connectivity index (χ0n) is 6.50. The Morgan fingerprint density at radius 1 is 1.23 bits per heavy atom. The summed E-state index contributed by atoms with van der Waals surface area (Å²) in [4.78, 5) is 10.2. The van der Waals surface area contributed by atoms with Crippen LogP contribution in [0.2, 0.25) is 0 Å². The fourth-order valence-electron chi connectivity index (χ4n) is 0.839. The Morgan fingerprint density at radius 3 is 2.23 bits per heavy atom. The molecule has 13 heavy (non-hydrogen) atoms. The van der Waals surface area contributed by atoms with E-state index in [0.29, 0.717) is 0 Å². The third-order valence-electron chi connectivity index (χ3n) is 1.30. The highest BCUT2D eigenvalue weighted by Gasteiger charge is 1.94. The zero-order chi connectivity index (χ0) is 9.84. The van der Waals surface area contributed by atoms with Crippen LogP contribution in [0, 0.1) is 0 Å². The van der Waals surface area contributed by atoms with Crippen LogP contribution in [0.15, 0.2) is 33.2 Å². The molecule has 1 rings (SSSR count). The molecule has 0 saturated carbocycles. The van der Waals surface area contributed by atoms with E-state index in [0.717, 1.165) is 20.6 Å². The van der Waals surface area contributed by atoms with Crippen LogP contribution in [0.1, 0.15) is 5.56 Å². The summed E-state index contributed by atoms with van der Waals surface area (Å²) in [5.41, 5.74) is 0.837. The average molecular weight is 306 g/mol. The molecule has 0 unspecified atom stereocenters. The van der Waals surface area contributed by atoms with Crippen LogP contribution in [0.4, 0.5) is 0 Å². The molecule has 0 bridgehead atoms. The van der Waals surface area contributed by atoms with E-state index in [1.165, 1.54) is 6.08 Å². The van der Waals surface area contributed by atoms with Crippen LogP contribution in [0.5, 0.6) is 0 Å². The monoisotopic (exact) mass is 304 g/mol. The zero-order valence-corrected chi connectivity index (χ0v) is 9.67. The van der Waals surface area contributed by atoms with Gasteiger partial charge in [0.2, 0.25) is 0 Å². The van der Waals surface area contributed by atoms with Crippen molar-refractivity contribution in [2.45, 2.75) is 0 Å². The molecular weight excluding hydrogens is 300 g/mol. The predicted octanol–water partition coefficient (Wildman–Crippen LogP) is 3.31. The fourth-order valence-corrected chi connectivity index (χ4v) is 2.17. The maximum atomic E-state index is 10.2. The van der Waals surface area contributed by atoms with Gasteiger partial charge in [0, 0.05) is 15.0 Å². The molecular formula is C9H6Br2O2. The van der Waals surface area contributed by atoms with Crippen molar-refractivity contribution in [2.75, 3.05) is 0 Å². The molecule has 0 saturated heterocycles. The molecule has 0 spiro atoms. The molecule has 1 aromatic rings. The van der Waals surface area contributed by atoms with E-state index in [-0.39, 0.29) is 0 Å². The quantitative estimate of drug-likeness (QED) is 0.851. The normalized spacial score (nSPS) is 10.6. The van der Waals surface area contributed by atoms with Crippen LogP contribution >= 0.6 is 31.9 Å². The average Bonchev–Trinajstić information content (AvgIpc) is 1.99. The topological polar surface area (TPSA) is 37.3 Å². The number of rotatable bonds is 2. The molecule has 0 aromatic heterocycles. The predicted molar refractivity (Wildman–Crippen MR) is 58.5 cm³/mol. The van der Waals surface area contributed by atoms with Gasteiger partial charge in [-0.2, -0.15) is 0 Å². The van der Waals surface area contributed by atoms with Crippen LogP contribution in [0.25, 0.3) is 6.08 Å². The van der Waals surface area contributed by atoms with E-state index < -0.39 is 5.97 Å². The Kier molecular flexibility index (Phi) is 3.69. The van der Waals surface area contributed by atoms with Gasteiger partial charge in [0.1, 0.15) is 0 Å². The number of hydrogen-bond donors (Lipinski definition) is 1. The number of carboxylic acid groups (broad SMARTS) is 1. The maximum Gasteiger partial charge on any atom is 0.328 e. The molecule has 0 radical (unpaired) electrons. The minimum absolute atomic E-state index is 0.837. The Bertz CT molecular complexity index is 338. The largest absolute Gasteiger partial charge is 0.478 e. The molecule has 68 valence electrons. The van der Waals surface area contributed by atoms with Gasteiger partial charge in [0.25, 0.3) is 0 Å². The summed E-state index contributed by atoms with van der Waals surface area (Å²) in [5.74, 6) is -0.948. The van der Waals surface area contributed by atoms with Crippen LogP contribution < -0.4 is 0 Å². The van der Waals surface area contributed by atoms with E-state index in [1.54, 1.807) is 0 Å². The summed E-state index contributed by atoms with van der Waals surface area (Å²) in [6.45, 7) is 0. The summed E-state index contributed by atoms with van der Waals surface area (Å²) in [7, 11) is 0. The molecule has 0 fully saturated rings. The van der Waals surface area contributed by atoms with E-state index >= 15 is 0 Å². The van der Waals surface area contributed by atoms with E-state index in [9.17, 15) is 4.79 Å². The van der Waals surface area contributed by atoms with Gasteiger partial charge >= 0.3 is 5.97 Å². The van der Waals surface area contributed by atoms with Gasteiger partial charge < -0.3 is 5.11 Å². The highest BCUT2D eigenvalue weighted by atomic mass is 79.9. The van der Waals surface area contributed by atoms with Crippen molar-refractivity contribution < 1.29 is 9.90 Å². The third-order valence-corrected chi connectivity index (χ3v) is 2.22. The summed E-state index contributed by atoms with van der Waals surface area (Å²) < 4.78 is 1.82. The molecule has 2 nitrogen and oxygen atoms in total. The van der Waals surface area contributed by atoms with Crippen molar-refractivity contribution in [3.8, 4) is 0 Å². The molecule has 1 aromatic carbocycles. The van der Waals surface area contributed by atoms with Crippen molar-refractivity contribution in [1.29, 1.82) is 0 Å². The lowest BCUT2D eigenvalue weighted by Crippen LogP contribution is -1.85. The molecule has 0 atom stereocenters. The summed E-state index contributed by atoms with van der Waals surface area (Å²) in [6.07, 6.45) is 2.64. The first-order valence-electron chi connectivity index (χ1n) is 3.45. The molecule has 1 N–H and O–H groups in total. The van der Waals surface area contributed by atoms with E-state index in [2.05, 4.69) is 31.9 Å². The van der Waals surface area contributed by atoms with Crippen molar-refractivity contribution >= 4 is 43.9 Å². The number of benzene rings is 1. The molecule has 0 aliphatic carbocycles. The second kappa shape index (κ2) is 4.58. The standard InChI is InChI=1S/C9H6Br2O2/c10-7-3-6(1-2-9(12)13)4-8(11)5-7/h1-5H,(H,12,13). The van der Waals surface area contributed by atoms with Crippen molar-refractivity contribution in [1.82, 2.24) is 0 Å². The molecule has 0 aliphatic heterocycles. The summed E-state index contributed by atoms with van der Waals surface area (Å²) in [5, 5.41) is 8.40. The van der Waals surface area contributed by atoms with Gasteiger partial charge in [-0.3, -0.25) is 0 Å². The first kappa shape index (κ1) is 10.5.